The van der Waals surface area contributed by atoms with Gasteiger partial charge in [0.05, 0.1) is 44.7 Å². The summed E-state index contributed by atoms with van der Waals surface area (Å²) in [5, 5.41) is 0.383. The lowest BCUT2D eigenvalue weighted by molar-refractivity contribution is 0.0959. The number of carbonyl (C=O) groups excluding carboxylic acids is 1. The molecule has 0 saturated carbocycles. The first-order valence-electron chi connectivity index (χ1n) is 12.1. The third kappa shape index (κ3) is 7.58. The minimum absolute atomic E-state index is 0. The average Bonchev–Trinajstić information content (AvgIpc) is 2.88. The molecule has 1 aliphatic rings. The molecule has 0 radical (unpaired) electrons. The zero-order chi connectivity index (χ0) is 25.4. The highest BCUT2D eigenvalue weighted by molar-refractivity contribution is 6.33. The molecule has 0 atom stereocenters. The van der Waals surface area contributed by atoms with E-state index in [1.54, 1.807) is 33.5 Å². The van der Waals surface area contributed by atoms with Crippen LogP contribution in [0.2, 0.25) is 5.02 Å². The molecule has 9 heteroatoms. The number of halogens is 2. The number of hydrogen-bond acceptors (Lipinski definition) is 7. The highest BCUT2D eigenvalue weighted by Crippen LogP contribution is 2.38. The molecule has 36 heavy (non-hydrogen) atoms. The van der Waals surface area contributed by atoms with E-state index in [2.05, 4.69) is 4.90 Å². The Morgan fingerprint density at radius 2 is 1.58 bits per heavy atom. The Bertz CT molecular complexity index is 985. The predicted octanol–water partition coefficient (Wildman–Crippen LogP) is 5.69. The number of anilines is 1. The SMILES string of the molecule is COc1cc(N)c(Cl)cc1C(=O)CCC1CCN(CCCc2cc(OC)c(OC)c(OC)c2)CC1.Cl. The van der Waals surface area contributed by atoms with E-state index in [1.165, 1.54) is 12.7 Å². The first-order chi connectivity index (χ1) is 16.9. The van der Waals surface area contributed by atoms with Crippen LogP contribution in [0.25, 0.3) is 0 Å². The van der Waals surface area contributed by atoms with Gasteiger partial charge in [0.1, 0.15) is 5.75 Å². The summed E-state index contributed by atoms with van der Waals surface area (Å²) in [7, 11) is 6.43. The molecule has 0 unspecified atom stereocenters. The standard InChI is InChI=1S/C27H37ClN2O5.ClH/c1-32-24-17-22(29)21(28)16-20(24)23(31)8-7-18-9-12-30(13-10-18)11-5-6-19-14-25(33-2)27(35-4)26(15-19)34-3;/h14-18H,5-13,29H2,1-4H3;1H. The number of benzene rings is 2. The van der Waals surface area contributed by atoms with E-state index in [-0.39, 0.29) is 18.2 Å². The van der Waals surface area contributed by atoms with Crippen LogP contribution in [0.1, 0.15) is 48.0 Å². The van der Waals surface area contributed by atoms with Gasteiger partial charge in [0.15, 0.2) is 17.3 Å². The fraction of sp³-hybridized carbons (Fsp3) is 0.519. The van der Waals surface area contributed by atoms with Crippen LogP contribution in [0.5, 0.6) is 23.0 Å². The quantitative estimate of drug-likeness (QED) is 0.273. The fourth-order valence-electron chi connectivity index (χ4n) is 4.71. The number of hydrogen-bond donors (Lipinski definition) is 1. The molecule has 2 N–H and O–H groups in total. The van der Waals surface area contributed by atoms with Gasteiger partial charge in [-0.25, -0.2) is 0 Å². The van der Waals surface area contributed by atoms with E-state index >= 15 is 0 Å². The monoisotopic (exact) mass is 540 g/mol. The van der Waals surface area contributed by atoms with Crippen molar-refractivity contribution in [2.24, 2.45) is 5.92 Å². The Kier molecular flexibility index (Phi) is 12.0. The van der Waals surface area contributed by atoms with Crippen molar-refractivity contribution in [1.29, 1.82) is 0 Å². The van der Waals surface area contributed by atoms with Crippen molar-refractivity contribution in [3.05, 3.63) is 40.4 Å². The number of likely N-dealkylation sites (tertiary alicyclic amines) is 1. The number of ketones is 1. The number of piperidine rings is 1. The second-order valence-electron chi connectivity index (χ2n) is 8.96. The average molecular weight is 542 g/mol. The molecule has 200 valence electrons. The van der Waals surface area contributed by atoms with Crippen LogP contribution in [0.4, 0.5) is 5.69 Å². The van der Waals surface area contributed by atoms with E-state index in [0.29, 0.717) is 51.6 Å². The molecule has 7 nitrogen and oxygen atoms in total. The molecular formula is C27H38Cl2N2O5. The van der Waals surface area contributed by atoms with Gasteiger partial charge in [0.25, 0.3) is 0 Å². The Morgan fingerprint density at radius 3 is 2.14 bits per heavy atom. The molecule has 0 bridgehead atoms. The van der Waals surface area contributed by atoms with Gasteiger partial charge in [-0.3, -0.25) is 4.79 Å². The zero-order valence-corrected chi connectivity index (χ0v) is 23.2. The highest BCUT2D eigenvalue weighted by Gasteiger charge is 2.22. The molecule has 0 aromatic heterocycles. The normalized spacial score (nSPS) is 14.1. The number of carbonyl (C=O) groups is 1. The first kappa shape index (κ1) is 29.9. The number of methoxy groups -OCH3 is 4. The Hall–Kier alpha value is -2.35. The van der Waals surface area contributed by atoms with E-state index in [1.807, 2.05) is 12.1 Å². The van der Waals surface area contributed by atoms with Crippen LogP contribution >= 0.6 is 24.0 Å². The second kappa shape index (κ2) is 14.4. The second-order valence-corrected chi connectivity index (χ2v) is 9.37. The van der Waals surface area contributed by atoms with Gasteiger partial charge in [-0.15, -0.1) is 12.4 Å². The largest absolute Gasteiger partial charge is 0.496 e. The Morgan fingerprint density at radius 1 is 0.972 bits per heavy atom. The molecule has 1 fully saturated rings. The van der Waals surface area contributed by atoms with Crippen LogP contribution in [0.15, 0.2) is 24.3 Å². The maximum absolute atomic E-state index is 12.8. The third-order valence-electron chi connectivity index (χ3n) is 6.77. The van der Waals surface area contributed by atoms with Crippen molar-refractivity contribution in [3.63, 3.8) is 0 Å². The minimum atomic E-state index is 0. The van der Waals surface area contributed by atoms with Crippen molar-refractivity contribution in [3.8, 4) is 23.0 Å². The van der Waals surface area contributed by atoms with Crippen LogP contribution in [-0.2, 0) is 6.42 Å². The lowest BCUT2D eigenvalue weighted by Crippen LogP contribution is -2.34. The van der Waals surface area contributed by atoms with E-state index in [0.717, 1.165) is 51.7 Å². The van der Waals surface area contributed by atoms with Crippen molar-refractivity contribution < 1.29 is 23.7 Å². The summed E-state index contributed by atoms with van der Waals surface area (Å²) in [6.07, 6.45) is 5.58. The van der Waals surface area contributed by atoms with E-state index in [9.17, 15) is 4.79 Å². The fourth-order valence-corrected chi connectivity index (χ4v) is 4.87. The van der Waals surface area contributed by atoms with Gasteiger partial charge >= 0.3 is 0 Å². The summed E-state index contributed by atoms with van der Waals surface area (Å²) in [5.41, 5.74) is 7.93. The van der Waals surface area contributed by atoms with Crippen molar-refractivity contribution in [1.82, 2.24) is 4.90 Å². The molecule has 2 aromatic carbocycles. The summed E-state index contributed by atoms with van der Waals surface area (Å²) in [6.45, 7) is 3.17. The molecule has 3 rings (SSSR count). The molecule has 1 saturated heterocycles. The van der Waals surface area contributed by atoms with Crippen LogP contribution in [0, 0.1) is 5.92 Å². The van der Waals surface area contributed by atoms with Crippen molar-refractivity contribution in [2.45, 2.75) is 38.5 Å². The highest BCUT2D eigenvalue weighted by atomic mass is 35.5. The molecule has 0 aliphatic carbocycles. The smallest absolute Gasteiger partial charge is 0.203 e. The molecule has 2 aromatic rings. The maximum atomic E-state index is 12.8. The van der Waals surface area contributed by atoms with Crippen molar-refractivity contribution in [2.75, 3.05) is 53.8 Å². The third-order valence-corrected chi connectivity index (χ3v) is 7.10. The molecular weight excluding hydrogens is 503 g/mol. The van der Waals surface area contributed by atoms with Gasteiger partial charge in [0.2, 0.25) is 5.75 Å². The summed E-state index contributed by atoms with van der Waals surface area (Å²) < 4.78 is 21.7. The summed E-state index contributed by atoms with van der Waals surface area (Å²) >= 11 is 6.12. The minimum Gasteiger partial charge on any atom is -0.496 e. The number of nitrogens with zero attached hydrogens (tertiary/aromatic N) is 1. The number of rotatable bonds is 12. The number of ether oxygens (including phenoxy) is 4. The zero-order valence-electron chi connectivity index (χ0n) is 21.6. The van der Waals surface area contributed by atoms with Gasteiger partial charge in [-0.05, 0) is 81.4 Å². The van der Waals surface area contributed by atoms with E-state index in [4.69, 9.17) is 36.3 Å². The predicted molar refractivity (Wildman–Crippen MR) is 147 cm³/mol. The lowest BCUT2D eigenvalue weighted by Gasteiger charge is -2.32. The Balaban J connectivity index is 0.00000456. The van der Waals surface area contributed by atoms with E-state index < -0.39 is 0 Å². The lowest BCUT2D eigenvalue weighted by atomic mass is 9.90. The maximum Gasteiger partial charge on any atom is 0.203 e. The van der Waals surface area contributed by atoms with Crippen molar-refractivity contribution >= 4 is 35.5 Å². The topological polar surface area (TPSA) is 83.3 Å². The summed E-state index contributed by atoms with van der Waals surface area (Å²) in [6, 6.07) is 7.28. The Labute approximate surface area is 225 Å². The number of aryl methyl sites for hydroxylation is 1. The molecule has 1 aliphatic heterocycles. The van der Waals surface area contributed by atoms with Gasteiger partial charge in [0, 0.05) is 12.5 Å². The molecule has 0 amide bonds. The van der Waals surface area contributed by atoms with Crippen LogP contribution < -0.4 is 24.7 Å². The summed E-state index contributed by atoms with van der Waals surface area (Å²) in [5.74, 6) is 3.10. The van der Waals surface area contributed by atoms with Crippen LogP contribution in [-0.4, -0.2) is 58.8 Å². The molecule has 1 heterocycles. The number of Topliss-reactive ketones (excluding diaryl/α,β-unsaturated/α-hetero) is 1. The van der Waals surface area contributed by atoms with Gasteiger partial charge in [-0.1, -0.05) is 11.6 Å². The summed E-state index contributed by atoms with van der Waals surface area (Å²) in [4.78, 5) is 15.3. The number of nitrogen functional groups attached to an aromatic ring is 1. The van der Waals surface area contributed by atoms with Gasteiger partial charge in [-0.2, -0.15) is 0 Å². The molecule has 0 spiro atoms. The first-order valence-corrected chi connectivity index (χ1v) is 12.4. The number of nitrogens with two attached hydrogens (primary N) is 1. The van der Waals surface area contributed by atoms with Crippen LogP contribution in [0.3, 0.4) is 0 Å². The van der Waals surface area contributed by atoms with Gasteiger partial charge < -0.3 is 29.6 Å².